The predicted octanol–water partition coefficient (Wildman–Crippen LogP) is 4.13. The smallest absolute Gasteiger partial charge is 0.342 e. The van der Waals surface area contributed by atoms with Crippen LogP contribution in [0.3, 0.4) is 0 Å². The van der Waals surface area contributed by atoms with E-state index in [0.717, 1.165) is 0 Å². The lowest BCUT2D eigenvalue weighted by atomic mass is 10.1. The fourth-order valence-corrected chi connectivity index (χ4v) is 2.59. The molecule has 2 aromatic rings. The van der Waals surface area contributed by atoms with E-state index in [9.17, 15) is 29.8 Å². The molecule has 0 saturated carbocycles. The number of carbonyl (C=O) groups is 2. The number of nitrogen functional groups attached to an aromatic ring is 1. The maximum absolute atomic E-state index is 10.7. The molecular weight excluding hydrogens is 522 g/mol. The van der Waals surface area contributed by atoms with Crippen LogP contribution in [0.1, 0.15) is 31.8 Å². The third-order valence-corrected chi connectivity index (χ3v) is 4.57. The zero-order valence-electron chi connectivity index (χ0n) is 14.9. The molecule has 0 aromatic heterocycles. The minimum absolute atomic E-state index is 0. The number of carboxylic acids is 2. The molecule has 0 radical (unpaired) electrons. The van der Waals surface area contributed by atoms with Gasteiger partial charge in [-0.25, -0.2) is 9.59 Å². The quantitative estimate of drug-likeness (QED) is 0.293. The largest absolute Gasteiger partial charge is 0.477 e. The fraction of sp³-hybridized carbons (Fsp3) is 0.125. The van der Waals surface area contributed by atoms with Crippen molar-refractivity contribution >= 4 is 61.9 Å². The van der Waals surface area contributed by atoms with Crippen LogP contribution >= 0.6 is 32.9 Å². The van der Waals surface area contributed by atoms with Gasteiger partial charge in [-0.3, -0.25) is 20.2 Å². The Morgan fingerprint density at radius 2 is 1.28 bits per heavy atom. The van der Waals surface area contributed by atoms with Gasteiger partial charge in [0.25, 0.3) is 5.69 Å². The van der Waals surface area contributed by atoms with Crippen LogP contribution in [-0.4, -0.2) is 32.0 Å². The first-order valence-corrected chi connectivity index (χ1v) is 8.12. The first-order chi connectivity index (χ1) is 12.9. The Morgan fingerprint density at radius 1 is 0.897 bits per heavy atom. The van der Waals surface area contributed by atoms with Gasteiger partial charge in [0.2, 0.25) is 0 Å². The van der Waals surface area contributed by atoms with Gasteiger partial charge in [-0.1, -0.05) is 12.1 Å². The number of rotatable bonds is 4. The summed E-state index contributed by atoms with van der Waals surface area (Å²) in [6.07, 6.45) is 0. The first-order valence-electron chi connectivity index (χ1n) is 7.33. The van der Waals surface area contributed by atoms with Crippen molar-refractivity contribution in [1.82, 2.24) is 0 Å². The topological polar surface area (TPSA) is 187 Å². The van der Waals surface area contributed by atoms with Crippen LogP contribution in [0.15, 0.2) is 28.7 Å². The molecular formula is C16H15Br2N3O8. The summed E-state index contributed by atoms with van der Waals surface area (Å²) in [7, 11) is 0. The van der Waals surface area contributed by atoms with E-state index in [-0.39, 0.29) is 32.7 Å². The Bertz CT molecular complexity index is 915. The summed E-state index contributed by atoms with van der Waals surface area (Å²) in [6, 6.07) is 5.35. The number of benzene rings is 2. The van der Waals surface area contributed by atoms with Crippen LogP contribution in [0, 0.1) is 34.1 Å². The summed E-state index contributed by atoms with van der Waals surface area (Å²) in [5, 5.41) is 38.5. The molecule has 0 unspecified atom stereocenters. The number of halogens is 2. The Labute approximate surface area is 182 Å². The molecule has 29 heavy (non-hydrogen) atoms. The third kappa shape index (κ3) is 5.96. The van der Waals surface area contributed by atoms with Crippen molar-refractivity contribution < 1.29 is 29.6 Å². The average molecular weight is 537 g/mol. The monoisotopic (exact) mass is 535 g/mol. The number of aryl methyl sites for hydroxylation is 2. The van der Waals surface area contributed by atoms with Crippen molar-refractivity contribution in [3.05, 3.63) is 71.2 Å². The van der Waals surface area contributed by atoms with Crippen molar-refractivity contribution in [2.24, 2.45) is 0 Å². The number of aromatic carboxylic acids is 2. The Morgan fingerprint density at radius 3 is 1.66 bits per heavy atom. The van der Waals surface area contributed by atoms with E-state index in [0.29, 0.717) is 11.1 Å². The molecule has 156 valence electrons. The van der Waals surface area contributed by atoms with Gasteiger partial charge in [0.15, 0.2) is 0 Å². The normalized spacial score (nSPS) is 9.48. The van der Waals surface area contributed by atoms with Crippen molar-refractivity contribution in [3.8, 4) is 0 Å². The van der Waals surface area contributed by atoms with Crippen LogP contribution in [0.5, 0.6) is 0 Å². The highest BCUT2D eigenvalue weighted by Crippen LogP contribution is 2.31. The number of nitrogens with two attached hydrogens (primary N) is 1. The number of hydrogen-bond acceptors (Lipinski definition) is 7. The van der Waals surface area contributed by atoms with Crippen LogP contribution in [-0.2, 0) is 0 Å². The average Bonchev–Trinajstić information content (AvgIpc) is 2.58. The fourth-order valence-electron chi connectivity index (χ4n) is 2.09. The molecule has 2 aromatic carbocycles. The number of nitro benzene ring substituents is 2. The van der Waals surface area contributed by atoms with Gasteiger partial charge in [-0.2, -0.15) is 0 Å². The van der Waals surface area contributed by atoms with Gasteiger partial charge >= 0.3 is 17.6 Å². The van der Waals surface area contributed by atoms with Crippen molar-refractivity contribution in [2.45, 2.75) is 13.8 Å². The summed E-state index contributed by atoms with van der Waals surface area (Å²) in [6.45, 7) is 3.23. The highest BCUT2D eigenvalue weighted by Gasteiger charge is 2.25. The SMILES string of the molecule is Br.Cc1ccc(C(=O)O)c([N+](=O)[O-])c1Br.Cc1ccc(C(=O)O)c([N+](=O)[O-])c1N. The number of carboxylic acid groups (broad SMARTS) is 2. The summed E-state index contributed by atoms with van der Waals surface area (Å²) in [5.74, 6) is -2.67. The molecule has 0 spiro atoms. The molecule has 0 amide bonds. The first kappa shape index (κ1) is 25.9. The van der Waals surface area contributed by atoms with Gasteiger partial charge in [-0.15, -0.1) is 17.0 Å². The van der Waals surface area contributed by atoms with E-state index in [4.69, 9.17) is 15.9 Å². The van der Waals surface area contributed by atoms with Crippen molar-refractivity contribution in [3.63, 3.8) is 0 Å². The second-order valence-electron chi connectivity index (χ2n) is 5.41. The van der Waals surface area contributed by atoms with Gasteiger partial charge in [0.1, 0.15) is 16.8 Å². The number of anilines is 1. The van der Waals surface area contributed by atoms with Gasteiger partial charge < -0.3 is 15.9 Å². The summed E-state index contributed by atoms with van der Waals surface area (Å²) in [4.78, 5) is 41.0. The lowest BCUT2D eigenvalue weighted by molar-refractivity contribution is -0.386. The summed E-state index contributed by atoms with van der Waals surface area (Å²) < 4.78 is 0.211. The molecule has 0 atom stereocenters. The zero-order chi connectivity index (χ0) is 21.8. The minimum atomic E-state index is -1.36. The number of nitro groups is 2. The molecule has 0 aliphatic carbocycles. The molecule has 11 nitrogen and oxygen atoms in total. The second-order valence-corrected chi connectivity index (χ2v) is 6.20. The van der Waals surface area contributed by atoms with Crippen LogP contribution in [0.25, 0.3) is 0 Å². The van der Waals surface area contributed by atoms with Crippen LogP contribution in [0.2, 0.25) is 0 Å². The predicted molar refractivity (Wildman–Crippen MR) is 112 cm³/mol. The molecule has 13 heteroatoms. The third-order valence-electron chi connectivity index (χ3n) is 3.57. The second kappa shape index (κ2) is 10.5. The van der Waals surface area contributed by atoms with Crippen molar-refractivity contribution in [1.29, 1.82) is 0 Å². The zero-order valence-corrected chi connectivity index (χ0v) is 18.2. The van der Waals surface area contributed by atoms with E-state index < -0.39 is 38.7 Å². The van der Waals surface area contributed by atoms with Gasteiger partial charge in [-0.05, 0) is 53.0 Å². The lowest BCUT2D eigenvalue weighted by Crippen LogP contribution is -2.06. The highest BCUT2D eigenvalue weighted by atomic mass is 79.9. The molecule has 0 saturated heterocycles. The Kier molecular flexibility index (Phi) is 9.37. The Hall–Kier alpha value is -3.06. The van der Waals surface area contributed by atoms with E-state index in [1.807, 2.05) is 0 Å². The molecule has 0 aliphatic rings. The molecule has 0 fully saturated rings. The van der Waals surface area contributed by atoms with E-state index >= 15 is 0 Å². The van der Waals surface area contributed by atoms with E-state index in [2.05, 4.69) is 15.9 Å². The summed E-state index contributed by atoms with van der Waals surface area (Å²) >= 11 is 2.99. The number of nitrogens with zero attached hydrogens (tertiary/aromatic N) is 2. The van der Waals surface area contributed by atoms with Gasteiger partial charge in [0, 0.05) is 0 Å². The maximum atomic E-state index is 10.7. The van der Waals surface area contributed by atoms with E-state index in [1.54, 1.807) is 13.8 Å². The molecule has 2 rings (SSSR count). The summed E-state index contributed by atoms with van der Waals surface area (Å²) in [5.41, 5.74) is 4.78. The number of hydrogen-bond donors (Lipinski definition) is 3. The van der Waals surface area contributed by atoms with E-state index in [1.165, 1.54) is 24.3 Å². The minimum Gasteiger partial charge on any atom is -0.477 e. The van der Waals surface area contributed by atoms with Crippen LogP contribution < -0.4 is 5.73 Å². The van der Waals surface area contributed by atoms with Crippen LogP contribution in [0.4, 0.5) is 17.1 Å². The van der Waals surface area contributed by atoms with Gasteiger partial charge in [0.05, 0.1) is 14.3 Å². The molecule has 0 heterocycles. The molecule has 4 N–H and O–H groups in total. The standard InChI is InChI=1S/C8H6BrNO4.C8H8N2O4.BrH/c2*1-4-2-3-5(8(11)12)7(6(4)9)10(13)14;/h2-3H,1H3,(H,11,12);2-3H,9H2,1H3,(H,11,12);1H. The molecule has 0 bridgehead atoms. The van der Waals surface area contributed by atoms with Crippen molar-refractivity contribution in [2.75, 3.05) is 5.73 Å². The Balaban J connectivity index is 0.000000523. The highest BCUT2D eigenvalue weighted by molar-refractivity contribution is 9.10. The molecule has 0 aliphatic heterocycles. The maximum Gasteiger partial charge on any atom is 0.342 e. The lowest BCUT2D eigenvalue weighted by Gasteiger charge is -2.03.